The first-order chi connectivity index (χ1) is 9.01. The Hall–Kier alpha value is -0.120. The highest BCUT2D eigenvalue weighted by molar-refractivity contribution is 5.02. The van der Waals surface area contributed by atoms with E-state index in [0.717, 1.165) is 18.4 Å². The normalized spacial score (nSPS) is 43.1. The molecule has 0 aromatic rings. The topological polar surface area (TPSA) is 32.5 Å². The molecule has 3 heteroatoms. The summed E-state index contributed by atoms with van der Waals surface area (Å²) in [5.41, 5.74) is 6.57. The van der Waals surface area contributed by atoms with Gasteiger partial charge in [0.2, 0.25) is 0 Å². The zero-order valence-corrected chi connectivity index (χ0v) is 13.4. The molecule has 3 nitrogen and oxygen atoms in total. The van der Waals surface area contributed by atoms with Crippen molar-refractivity contribution in [1.82, 2.24) is 9.80 Å². The van der Waals surface area contributed by atoms with E-state index in [9.17, 15) is 0 Å². The number of nitrogens with zero attached hydrogens (tertiary/aromatic N) is 2. The van der Waals surface area contributed by atoms with Crippen LogP contribution < -0.4 is 5.73 Å². The maximum atomic E-state index is 6.31. The molecule has 112 valence electrons. The van der Waals surface area contributed by atoms with Crippen LogP contribution in [0.1, 0.15) is 46.5 Å². The van der Waals surface area contributed by atoms with E-state index in [4.69, 9.17) is 5.73 Å². The molecule has 1 saturated heterocycles. The van der Waals surface area contributed by atoms with Crippen LogP contribution in [0.2, 0.25) is 0 Å². The summed E-state index contributed by atoms with van der Waals surface area (Å²) in [7, 11) is 2.25. The minimum Gasteiger partial charge on any atom is -0.329 e. The number of hydrogen-bond acceptors (Lipinski definition) is 3. The van der Waals surface area contributed by atoms with Gasteiger partial charge in [-0.15, -0.1) is 0 Å². The smallest absolute Gasteiger partial charge is 0.0363 e. The second-order valence-electron chi connectivity index (χ2n) is 7.12. The van der Waals surface area contributed by atoms with Gasteiger partial charge in [-0.3, -0.25) is 4.90 Å². The average molecular weight is 267 g/mol. The predicted octanol–water partition coefficient (Wildman–Crippen LogP) is 2.17. The minimum atomic E-state index is 0.252. The van der Waals surface area contributed by atoms with Crippen LogP contribution in [0.25, 0.3) is 0 Å². The molecule has 2 rings (SSSR count). The van der Waals surface area contributed by atoms with E-state index in [1.807, 2.05) is 0 Å². The molecular formula is C16H33N3. The number of hydrogen-bond donors (Lipinski definition) is 1. The van der Waals surface area contributed by atoms with Gasteiger partial charge in [-0.1, -0.05) is 26.7 Å². The number of likely N-dealkylation sites (N-methyl/N-ethyl adjacent to an activating group) is 1. The van der Waals surface area contributed by atoms with Crippen LogP contribution in [0.4, 0.5) is 0 Å². The molecule has 4 atom stereocenters. The molecule has 19 heavy (non-hydrogen) atoms. The lowest BCUT2D eigenvalue weighted by atomic mass is 9.67. The van der Waals surface area contributed by atoms with Crippen LogP contribution in [-0.4, -0.2) is 54.6 Å². The van der Waals surface area contributed by atoms with Gasteiger partial charge in [0, 0.05) is 31.2 Å². The van der Waals surface area contributed by atoms with Gasteiger partial charge in [-0.2, -0.15) is 0 Å². The minimum absolute atomic E-state index is 0.252. The van der Waals surface area contributed by atoms with Crippen molar-refractivity contribution in [1.29, 1.82) is 0 Å². The largest absolute Gasteiger partial charge is 0.329 e. The third kappa shape index (κ3) is 2.84. The van der Waals surface area contributed by atoms with Crippen molar-refractivity contribution in [3.8, 4) is 0 Å². The predicted molar refractivity (Wildman–Crippen MR) is 82.2 cm³/mol. The van der Waals surface area contributed by atoms with Crippen molar-refractivity contribution in [3.63, 3.8) is 0 Å². The summed E-state index contributed by atoms with van der Waals surface area (Å²) >= 11 is 0. The van der Waals surface area contributed by atoms with Crippen LogP contribution in [0.3, 0.4) is 0 Å². The summed E-state index contributed by atoms with van der Waals surface area (Å²) in [4.78, 5) is 5.25. The lowest BCUT2D eigenvalue weighted by Crippen LogP contribution is -2.64. The van der Waals surface area contributed by atoms with Crippen LogP contribution in [0.5, 0.6) is 0 Å². The van der Waals surface area contributed by atoms with Crippen molar-refractivity contribution >= 4 is 0 Å². The molecule has 0 radical (unpaired) electrons. The first-order valence-electron chi connectivity index (χ1n) is 8.16. The molecule has 1 saturated carbocycles. The van der Waals surface area contributed by atoms with Crippen molar-refractivity contribution in [2.75, 3.05) is 33.2 Å². The Labute approximate surface area is 119 Å². The Morgan fingerprint density at radius 3 is 2.58 bits per heavy atom. The molecule has 2 fully saturated rings. The fourth-order valence-electron chi connectivity index (χ4n) is 4.58. The van der Waals surface area contributed by atoms with Gasteiger partial charge in [-0.25, -0.2) is 0 Å². The molecule has 2 N–H and O–H groups in total. The molecule has 4 unspecified atom stereocenters. The first-order valence-corrected chi connectivity index (χ1v) is 8.16. The van der Waals surface area contributed by atoms with Gasteiger partial charge in [-0.05, 0) is 45.2 Å². The Balaban J connectivity index is 2.23. The maximum absolute atomic E-state index is 6.31. The third-order valence-corrected chi connectivity index (χ3v) is 5.94. The highest BCUT2D eigenvalue weighted by Crippen LogP contribution is 2.42. The Morgan fingerprint density at radius 1 is 1.16 bits per heavy atom. The lowest BCUT2D eigenvalue weighted by molar-refractivity contribution is -0.0318. The zero-order valence-electron chi connectivity index (χ0n) is 13.4. The molecule has 1 aliphatic heterocycles. The van der Waals surface area contributed by atoms with Crippen molar-refractivity contribution < 1.29 is 0 Å². The number of nitrogens with two attached hydrogens (primary N) is 1. The lowest BCUT2D eigenvalue weighted by Gasteiger charge is -2.54. The summed E-state index contributed by atoms with van der Waals surface area (Å²) in [6.07, 6.45) is 5.31. The Kier molecular flexibility index (Phi) is 4.91. The summed E-state index contributed by atoms with van der Waals surface area (Å²) < 4.78 is 0. The van der Waals surface area contributed by atoms with Gasteiger partial charge in [0.15, 0.2) is 0 Å². The fraction of sp³-hybridized carbons (Fsp3) is 1.00. The van der Waals surface area contributed by atoms with Gasteiger partial charge in [0.1, 0.15) is 0 Å². The van der Waals surface area contributed by atoms with E-state index in [2.05, 4.69) is 37.6 Å². The fourth-order valence-corrected chi connectivity index (χ4v) is 4.58. The zero-order chi connectivity index (χ0) is 14.0. The van der Waals surface area contributed by atoms with Crippen LogP contribution in [0.15, 0.2) is 0 Å². The molecule has 1 aliphatic carbocycles. The summed E-state index contributed by atoms with van der Waals surface area (Å²) in [5.74, 6) is 1.53. The van der Waals surface area contributed by atoms with Gasteiger partial charge in [0.05, 0.1) is 0 Å². The van der Waals surface area contributed by atoms with Crippen LogP contribution in [0, 0.1) is 11.8 Å². The highest BCUT2D eigenvalue weighted by atomic mass is 15.3. The van der Waals surface area contributed by atoms with Crippen LogP contribution >= 0.6 is 0 Å². The van der Waals surface area contributed by atoms with Crippen molar-refractivity contribution in [2.45, 2.75) is 58.0 Å². The second kappa shape index (κ2) is 6.11. The standard InChI is InChI=1S/C16H33N3/c1-13-7-5-8-16(12-17,15(13)3)19-10-6-9-18(4)11-14(19)2/h13-15H,5-12,17H2,1-4H3. The van der Waals surface area contributed by atoms with E-state index in [-0.39, 0.29) is 5.54 Å². The molecule has 1 heterocycles. The molecule has 0 aromatic heterocycles. The Bertz CT molecular complexity index is 294. The average Bonchev–Trinajstić information content (AvgIpc) is 2.54. The summed E-state index contributed by atoms with van der Waals surface area (Å²) in [5, 5.41) is 0. The van der Waals surface area contributed by atoms with Crippen molar-refractivity contribution in [2.24, 2.45) is 17.6 Å². The van der Waals surface area contributed by atoms with Gasteiger partial charge < -0.3 is 10.6 Å². The second-order valence-corrected chi connectivity index (χ2v) is 7.12. The SMILES string of the molecule is CC1CCCC(CN)(N2CCCN(C)CC2C)C1C. The summed E-state index contributed by atoms with van der Waals surface area (Å²) in [6.45, 7) is 11.7. The van der Waals surface area contributed by atoms with E-state index in [0.29, 0.717) is 6.04 Å². The number of rotatable bonds is 2. The van der Waals surface area contributed by atoms with E-state index >= 15 is 0 Å². The maximum Gasteiger partial charge on any atom is 0.0363 e. The molecule has 2 aliphatic rings. The van der Waals surface area contributed by atoms with Gasteiger partial charge >= 0.3 is 0 Å². The van der Waals surface area contributed by atoms with Crippen LogP contribution in [-0.2, 0) is 0 Å². The Morgan fingerprint density at radius 2 is 1.89 bits per heavy atom. The molecule has 0 aromatic carbocycles. The quantitative estimate of drug-likeness (QED) is 0.832. The van der Waals surface area contributed by atoms with Crippen molar-refractivity contribution in [3.05, 3.63) is 0 Å². The first kappa shape index (κ1) is 15.3. The third-order valence-electron chi connectivity index (χ3n) is 5.94. The molecular weight excluding hydrogens is 234 g/mol. The van der Waals surface area contributed by atoms with E-state index in [1.165, 1.54) is 45.3 Å². The van der Waals surface area contributed by atoms with Gasteiger partial charge in [0.25, 0.3) is 0 Å². The van der Waals surface area contributed by atoms with E-state index < -0.39 is 0 Å². The monoisotopic (exact) mass is 267 g/mol. The molecule has 0 amide bonds. The molecule has 0 bridgehead atoms. The molecule has 0 spiro atoms. The highest BCUT2D eigenvalue weighted by Gasteiger charge is 2.46. The van der Waals surface area contributed by atoms with E-state index in [1.54, 1.807) is 0 Å². The summed E-state index contributed by atoms with van der Waals surface area (Å²) in [6, 6.07) is 0.629.